The monoisotopic (exact) mass is 368 g/mol. The van der Waals surface area contributed by atoms with Gasteiger partial charge < -0.3 is 19.4 Å². The predicted molar refractivity (Wildman–Crippen MR) is 93.3 cm³/mol. The molecule has 2 aromatic heterocycles. The summed E-state index contributed by atoms with van der Waals surface area (Å²) >= 11 is 2.86. The molecule has 0 unspecified atom stereocenters. The van der Waals surface area contributed by atoms with Gasteiger partial charge in [0.15, 0.2) is 4.34 Å². The topological polar surface area (TPSA) is 80.5 Å². The van der Waals surface area contributed by atoms with Crippen LogP contribution in [0.25, 0.3) is 0 Å². The lowest BCUT2D eigenvalue weighted by Crippen LogP contribution is -2.48. The van der Waals surface area contributed by atoms with Gasteiger partial charge in [-0.05, 0) is 26.0 Å². The summed E-state index contributed by atoms with van der Waals surface area (Å²) in [5, 5.41) is 12.1. The Kier molecular flexibility index (Phi) is 5.75. The predicted octanol–water partition coefficient (Wildman–Crippen LogP) is 2.47. The summed E-state index contributed by atoms with van der Waals surface area (Å²) in [6.07, 6.45) is 1.81. The first kappa shape index (κ1) is 17.2. The van der Waals surface area contributed by atoms with Gasteiger partial charge in [0.2, 0.25) is 11.0 Å². The van der Waals surface area contributed by atoms with Crippen molar-refractivity contribution < 1.29 is 13.9 Å². The number of rotatable bonds is 6. The van der Waals surface area contributed by atoms with Crippen LogP contribution >= 0.6 is 23.1 Å². The van der Waals surface area contributed by atoms with Gasteiger partial charge in [-0.2, -0.15) is 0 Å². The van der Waals surface area contributed by atoms with Crippen molar-refractivity contribution in [2.24, 2.45) is 0 Å². The van der Waals surface area contributed by atoms with E-state index in [9.17, 15) is 4.79 Å². The first-order valence-corrected chi connectivity index (χ1v) is 9.56. The summed E-state index contributed by atoms with van der Waals surface area (Å²) in [6, 6.07) is 3.74. The standard InChI is InChI=1S/C15H20N4O3S2/c1-10-7-19(8-11(2)22-10)13(20)9-23-15-18-17-14(24-15)16-6-12-4-3-5-21-12/h3-5,10-11H,6-9H2,1-2H3,(H,16,17)/t10-,11+. The average Bonchev–Trinajstić information content (AvgIpc) is 3.21. The van der Waals surface area contributed by atoms with E-state index in [1.165, 1.54) is 23.1 Å². The zero-order valence-corrected chi connectivity index (χ0v) is 15.2. The van der Waals surface area contributed by atoms with E-state index >= 15 is 0 Å². The molecule has 0 radical (unpaired) electrons. The number of ether oxygens (including phenoxy) is 1. The Morgan fingerprint density at radius 2 is 2.21 bits per heavy atom. The molecule has 1 fully saturated rings. The van der Waals surface area contributed by atoms with Crippen molar-refractivity contribution in [3.05, 3.63) is 24.2 Å². The summed E-state index contributed by atoms with van der Waals surface area (Å²) in [4.78, 5) is 14.2. The molecule has 2 atom stereocenters. The quantitative estimate of drug-likeness (QED) is 0.785. The molecule has 3 rings (SSSR count). The molecular weight excluding hydrogens is 348 g/mol. The third kappa shape index (κ3) is 4.71. The molecule has 1 N–H and O–H groups in total. The van der Waals surface area contributed by atoms with Crippen molar-refractivity contribution in [1.29, 1.82) is 0 Å². The molecular formula is C15H20N4O3S2. The highest BCUT2D eigenvalue weighted by Gasteiger charge is 2.25. The van der Waals surface area contributed by atoms with Crippen molar-refractivity contribution in [3.8, 4) is 0 Å². The molecule has 3 heterocycles. The van der Waals surface area contributed by atoms with Crippen molar-refractivity contribution in [2.45, 2.75) is 36.9 Å². The number of morpholine rings is 1. The Morgan fingerprint density at radius 1 is 1.42 bits per heavy atom. The van der Waals surface area contributed by atoms with Gasteiger partial charge >= 0.3 is 0 Å². The van der Waals surface area contributed by atoms with Gasteiger partial charge in [-0.1, -0.05) is 23.1 Å². The Hall–Kier alpha value is -1.58. The second-order valence-corrected chi connectivity index (χ2v) is 7.85. The largest absolute Gasteiger partial charge is 0.467 e. The minimum Gasteiger partial charge on any atom is -0.467 e. The summed E-state index contributed by atoms with van der Waals surface area (Å²) < 4.78 is 11.7. The number of thioether (sulfide) groups is 1. The van der Waals surface area contributed by atoms with Crippen molar-refractivity contribution in [3.63, 3.8) is 0 Å². The van der Waals surface area contributed by atoms with Crippen LogP contribution in [0, 0.1) is 0 Å². The maximum Gasteiger partial charge on any atom is 0.233 e. The van der Waals surface area contributed by atoms with Crippen molar-refractivity contribution >= 4 is 34.1 Å². The van der Waals surface area contributed by atoms with E-state index in [2.05, 4.69) is 15.5 Å². The number of hydrogen-bond acceptors (Lipinski definition) is 8. The minimum atomic E-state index is 0.0848. The molecule has 0 aromatic carbocycles. The van der Waals surface area contributed by atoms with E-state index in [0.717, 1.165) is 15.2 Å². The Morgan fingerprint density at radius 3 is 2.92 bits per heavy atom. The van der Waals surface area contributed by atoms with Crippen LogP contribution in [0.2, 0.25) is 0 Å². The van der Waals surface area contributed by atoms with Gasteiger partial charge in [-0.25, -0.2) is 0 Å². The maximum absolute atomic E-state index is 12.3. The van der Waals surface area contributed by atoms with Crippen LogP contribution in [0.15, 0.2) is 27.2 Å². The van der Waals surface area contributed by atoms with Gasteiger partial charge in [0, 0.05) is 13.1 Å². The van der Waals surface area contributed by atoms with Crippen molar-refractivity contribution in [2.75, 3.05) is 24.2 Å². The van der Waals surface area contributed by atoms with Crippen LogP contribution in [0.3, 0.4) is 0 Å². The number of carbonyl (C=O) groups excluding carboxylic acids is 1. The highest BCUT2D eigenvalue weighted by atomic mass is 32.2. The molecule has 1 saturated heterocycles. The lowest BCUT2D eigenvalue weighted by molar-refractivity contribution is -0.140. The van der Waals surface area contributed by atoms with Crippen LogP contribution in [0.4, 0.5) is 5.13 Å². The van der Waals surface area contributed by atoms with E-state index in [0.29, 0.717) is 25.4 Å². The molecule has 24 heavy (non-hydrogen) atoms. The smallest absolute Gasteiger partial charge is 0.233 e. The molecule has 1 amide bonds. The molecule has 7 nitrogen and oxygen atoms in total. The first-order chi connectivity index (χ1) is 11.6. The van der Waals surface area contributed by atoms with Crippen LogP contribution in [-0.4, -0.2) is 52.1 Å². The summed E-state index contributed by atoms with van der Waals surface area (Å²) in [7, 11) is 0. The molecule has 1 aliphatic heterocycles. The van der Waals surface area contributed by atoms with Crippen LogP contribution in [0.5, 0.6) is 0 Å². The zero-order chi connectivity index (χ0) is 16.9. The van der Waals surface area contributed by atoms with E-state index in [4.69, 9.17) is 9.15 Å². The molecule has 9 heteroatoms. The molecule has 130 valence electrons. The van der Waals surface area contributed by atoms with Crippen molar-refractivity contribution in [1.82, 2.24) is 15.1 Å². The zero-order valence-electron chi connectivity index (χ0n) is 13.6. The molecule has 0 saturated carbocycles. The molecule has 2 aromatic rings. The van der Waals surface area contributed by atoms with E-state index in [-0.39, 0.29) is 18.1 Å². The van der Waals surface area contributed by atoms with Gasteiger partial charge in [0.25, 0.3) is 0 Å². The summed E-state index contributed by atoms with van der Waals surface area (Å²) in [6.45, 7) is 5.84. The summed E-state index contributed by atoms with van der Waals surface area (Å²) in [5.74, 6) is 1.32. The number of aromatic nitrogens is 2. The van der Waals surface area contributed by atoms with Gasteiger partial charge in [-0.3, -0.25) is 4.79 Å². The molecule has 0 spiro atoms. The fourth-order valence-corrected chi connectivity index (χ4v) is 4.16. The number of carbonyl (C=O) groups is 1. The highest BCUT2D eigenvalue weighted by Crippen LogP contribution is 2.26. The van der Waals surface area contributed by atoms with Gasteiger partial charge in [0.05, 0.1) is 30.8 Å². The molecule has 0 aliphatic carbocycles. The lowest BCUT2D eigenvalue weighted by atomic mass is 10.2. The number of hydrogen-bond donors (Lipinski definition) is 1. The number of furan rings is 1. The fraction of sp³-hybridized carbons (Fsp3) is 0.533. The number of amides is 1. The van der Waals surface area contributed by atoms with Crippen LogP contribution in [-0.2, 0) is 16.1 Å². The van der Waals surface area contributed by atoms with Gasteiger partial charge in [-0.15, -0.1) is 10.2 Å². The summed E-state index contributed by atoms with van der Waals surface area (Å²) in [5.41, 5.74) is 0. The number of anilines is 1. The highest BCUT2D eigenvalue weighted by molar-refractivity contribution is 8.01. The molecule has 1 aliphatic rings. The Balaban J connectivity index is 1.45. The third-order valence-electron chi connectivity index (χ3n) is 3.49. The van der Waals surface area contributed by atoms with Crippen LogP contribution in [0.1, 0.15) is 19.6 Å². The van der Waals surface area contributed by atoms with E-state index < -0.39 is 0 Å². The fourth-order valence-electron chi connectivity index (χ4n) is 2.51. The minimum absolute atomic E-state index is 0.0848. The molecule has 0 bridgehead atoms. The Bertz CT molecular complexity index is 651. The second kappa shape index (κ2) is 8.00. The van der Waals surface area contributed by atoms with Crippen LogP contribution < -0.4 is 5.32 Å². The number of nitrogens with one attached hydrogen (secondary N) is 1. The lowest BCUT2D eigenvalue weighted by Gasteiger charge is -2.35. The normalized spacial score (nSPS) is 21.0. The first-order valence-electron chi connectivity index (χ1n) is 7.76. The van der Waals surface area contributed by atoms with E-state index in [1.807, 2.05) is 30.9 Å². The van der Waals surface area contributed by atoms with E-state index in [1.54, 1.807) is 6.26 Å². The Labute approximate surface area is 148 Å². The average molecular weight is 368 g/mol. The SMILES string of the molecule is C[C@@H]1CN(C(=O)CSc2nnc(NCc3ccco3)s2)C[C@H](C)O1. The third-order valence-corrected chi connectivity index (χ3v) is 5.49. The number of nitrogens with zero attached hydrogens (tertiary/aromatic N) is 3. The van der Waals surface area contributed by atoms with Gasteiger partial charge in [0.1, 0.15) is 5.76 Å². The second-order valence-electron chi connectivity index (χ2n) is 5.65. The maximum atomic E-state index is 12.3.